The molecule has 2 unspecified atom stereocenters. The van der Waals surface area contributed by atoms with Crippen LogP contribution in [0.3, 0.4) is 0 Å². The van der Waals surface area contributed by atoms with Gasteiger partial charge in [0.2, 0.25) is 5.95 Å². The van der Waals surface area contributed by atoms with Crippen LogP contribution in [0.4, 0.5) is 4.39 Å². The van der Waals surface area contributed by atoms with Crippen molar-refractivity contribution in [3.63, 3.8) is 0 Å². The van der Waals surface area contributed by atoms with Gasteiger partial charge in [-0.05, 0) is 37.1 Å². The van der Waals surface area contributed by atoms with E-state index in [0.29, 0.717) is 5.25 Å². The van der Waals surface area contributed by atoms with Crippen LogP contribution in [0.2, 0.25) is 0 Å². The van der Waals surface area contributed by atoms with Crippen LogP contribution in [0.5, 0.6) is 0 Å². The first kappa shape index (κ1) is 13.3. The van der Waals surface area contributed by atoms with E-state index in [0.717, 1.165) is 25.0 Å². The zero-order valence-electron chi connectivity index (χ0n) is 10.4. The molecule has 1 N–H and O–H groups in total. The highest BCUT2D eigenvalue weighted by atomic mass is 32.2. The Morgan fingerprint density at radius 1 is 1.56 bits per heavy atom. The fourth-order valence-corrected chi connectivity index (χ4v) is 3.39. The third-order valence-electron chi connectivity index (χ3n) is 3.07. The van der Waals surface area contributed by atoms with Crippen molar-refractivity contribution in [2.24, 2.45) is 0 Å². The lowest BCUT2D eigenvalue weighted by molar-refractivity contribution is 0.0931. The summed E-state index contributed by atoms with van der Waals surface area (Å²) in [4.78, 5) is 15.5. The van der Waals surface area contributed by atoms with Crippen molar-refractivity contribution in [3.8, 4) is 0 Å². The third-order valence-corrected chi connectivity index (χ3v) is 4.30. The van der Waals surface area contributed by atoms with Gasteiger partial charge in [0, 0.05) is 11.3 Å². The SMILES string of the molecule is CCSC1CCC(NC(=O)c2cccc(F)n2)C1. The van der Waals surface area contributed by atoms with Crippen LogP contribution in [0, 0.1) is 5.95 Å². The average molecular weight is 268 g/mol. The Balaban J connectivity index is 1.89. The van der Waals surface area contributed by atoms with E-state index in [4.69, 9.17) is 0 Å². The zero-order valence-corrected chi connectivity index (χ0v) is 11.2. The smallest absolute Gasteiger partial charge is 0.270 e. The minimum Gasteiger partial charge on any atom is -0.348 e. The molecule has 0 radical (unpaired) electrons. The highest BCUT2D eigenvalue weighted by molar-refractivity contribution is 7.99. The normalized spacial score (nSPS) is 23.0. The number of nitrogens with zero attached hydrogens (tertiary/aromatic N) is 1. The van der Waals surface area contributed by atoms with Gasteiger partial charge in [-0.15, -0.1) is 0 Å². The Morgan fingerprint density at radius 2 is 2.39 bits per heavy atom. The summed E-state index contributed by atoms with van der Waals surface area (Å²) in [6, 6.07) is 4.47. The van der Waals surface area contributed by atoms with Gasteiger partial charge in [0.25, 0.3) is 5.91 Å². The number of carbonyl (C=O) groups is 1. The molecule has 2 rings (SSSR count). The summed E-state index contributed by atoms with van der Waals surface area (Å²) in [5.41, 5.74) is 0.154. The number of halogens is 1. The van der Waals surface area contributed by atoms with E-state index < -0.39 is 5.95 Å². The number of amides is 1. The molecule has 1 aromatic heterocycles. The molecule has 1 aromatic rings. The highest BCUT2D eigenvalue weighted by Crippen LogP contribution is 2.29. The molecule has 1 aliphatic carbocycles. The van der Waals surface area contributed by atoms with Gasteiger partial charge in [0.15, 0.2) is 0 Å². The molecule has 0 aromatic carbocycles. The molecule has 98 valence electrons. The van der Waals surface area contributed by atoms with Crippen molar-refractivity contribution in [2.75, 3.05) is 5.75 Å². The number of hydrogen-bond acceptors (Lipinski definition) is 3. The summed E-state index contributed by atoms with van der Waals surface area (Å²) in [6.45, 7) is 2.15. The Morgan fingerprint density at radius 3 is 3.11 bits per heavy atom. The molecule has 5 heteroatoms. The summed E-state index contributed by atoms with van der Waals surface area (Å²) in [5, 5.41) is 3.57. The van der Waals surface area contributed by atoms with Gasteiger partial charge < -0.3 is 5.32 Å². The Hall–Kier alpha value is -1.10. The Kier molecular flexibility index (Phi) is 4.58. The summed E-state index contributed by atoms with van der Waals surface area (Å²) >= 11 is 1.94. The van der Waals surface area contributed by atoms with Gasteiger partial charge >= 0.3 is 0 Å². The molecule has 1 saturated carbocycles. The van der Waals surface area contributed by atoms with Gasteiger partial charge in [-0.2, -0.15) is 16.2 Å². The van der Waals surface area contributed by atoms with Crippen LogP contribution in [-0.4, -0.2) is 27.9 Å². The minimum atomic E-state index is -0.617. The summed E-state index contributed by atoms with van der Waals surface area (Å²) in [6.07, 6.45) is 3.14. The van der Waals surface area contributed by atoms with Crippen LogP contribution in [0.25, 0.3) is 0 Å². The van der Waals surface area contributed by atoms with Gasteiger partial charge in [0.1, 0.15) is 5.69 Å². The van der Waals surface area contributed by atoms with Crippen LogP contribution < -0.4 is 5.32 Å². The maximum atomic E-state index is 12.9. The van der Waals surface area contributed by atoms with E-state index in [1.807, 2.05) is 11.8 Å². The van der Waals surface area contributed by atoms with Crippen LogP contribution in [0.1, 0.15) is 36.7 Å². The lowest BCUT2D eigenvalue weighted by Crippen LogP contribution is -2.33. The predicted octanol–water partition coefficient (Wildman–Crippen LogP) is 2.62. The lowest BCUT2D eigenvalue weighted by atomic mass is 10.2. The zero-order chi connectivity index (χ0) is 13.0. The molecule has 1 heterocycles. The second kappa shape index (κ2) is 6.18. The van der Waals surface area contributed by atoms with Crippen molar-refractivity contribution in [1.29, 1.82) is 0 Å². The van der Waals surface area contributed by atoms with Crippen LogP contribution >= 0.6 is 11.8 Å². The molecule has 1 aliphatic rings. The Bertz CT molecular complexity index is 427. The fraction of sp³-hybridized carbons (Fsp3) is 0.538. The first-order chi connectivity index (χ1) is 8.69. The molecule has 3 nitrogen and oxygen atoms in total. The van der Waals surface area contributed by atoms with Gasteiger partial charge in [-0.3, -0.25) is 4.79 Å². The van der Waals surface area contributed by atoms with Crippen LogP contribution in [-0.2, 0) is 0 Å². The van der Waals surface area contributed by atoms with E-state index in [1.54, 1.807) is 0 Å². The van der Waals surface area contributed by atoms with Crippen LogP contribution in [0.15, 0.2) is 18.2 Å². The number of pyridine rings is 1. The molecule has 18 heavy (non-hydrogen) atoms. The summed E-state index contributed by atoms with van der Waals surface area (Å²) in [7, 11) is 0. The van der Waals surface area contributed by atoms with Crippen molar-refractivity contribution >= 4 is 17.7 Å². The second-order valence-corrected chi connectivity index (χ2v) is 5.98. The third kappa shape index (κ3) is 3.45. The average Bonchev–Trinajstić information content (AvgIpc) is 2.77. The van der Waals surface area contributed by atoms with Gasteiger partial charge in [0.05, 0.1) is 0 Å². The first-order valence-corrected chi connectivity index (χ1v) is 7.29. The molecule has 0 spiro atoms. The number of thioether (sulfide) groups is 1. The van der Waals surface area contributed by atoms with Crippen molar-refractivity contribution in [2.45, 2.75) is 37.5 Å². The molecule has 0 saturated heterocycles. The van der Waals surface area contributed by atoms with Crippen molar-refractivity contribution < 1.29 is 9.18 Å². The molecule has 0 aliphatic heterocycles. The topological polar surface area (TPSA) is 42.0 Å². The molecule has 2 atom stereocenters. The number of hydrogen-bond donors (Lipinski definition) is 1. The maximum absolute atomic E-state index is 12.9. The standard InChI is InChI=1S/C13H17FN2OS/c1-2-18-10-7-6-9(8-10)15-13(17)11-4-3-5-12(14)16-11/h3-5,9-10H,2,6-8H2,1H3,(H,15,17). The summed E-state index contributed by atoms with van der Waals surface area (Å²) in [5.74, 6) is 0.215. The fourth-order valence-electron chi connectivity index (χ4n) is 2.25. The quantitative estimate of drug-likeness (QED) is 0.854. The lowest BCUT2D eigenvalue weighted by Gasteiger charge is -2.12. The van der Waals surface area contributed by atoms with E-state index >= 15 is 0 Å². The second-order valence-electron chi connectivity index (χ2n) is 4.41. The van der Waals surface area contributed by atoms with E-state index in [9.17, 15) is 9.18 Å². The minimum absolute atomic E-state index is 0.154. The molecule has 1 amide bonds. The number of aromatic nitrogens is 1. The van der Waals surface area contributed by atoms with Crippen molar-refractivity contribution in [1.82, 2.24) is 10.3 Å². The van der Waals surface area contributed by atoms with E-state index in [-0.39, 0.29) is 17.6 Å². The maximum Gasteiger partial charge on any atom is 0.270 e. The molecule has 0 bridgehead atoms. The van der Waals surface area contributed by atoms with Gasteiger partial charge in [-0.25, -0.2) is 4.98 Å². The highest BCUT2D eigenvalue weighted by Gasteiger charge is 2.26. The number of carbonyl (C=O) groups excluding carboxylic acids is 1. The first-order valence-electron chi connectivity index (χ1n) is 6.24. The van der Waals surface area contributed by atoms with E-state index in [2.05, 4.69) is 17.2 Å². The molecular formula is C13H17FN2OS. The molecular weight excluding hydrogens is 251 g/mol. The predicted molar refractivity (Wildman–Crippen MR) is 71.2 cm³/mol. The van der Waals surface area contributed by atoms with E-state index in [1.165, 1.54) is 18.2 Å². The largest absolute Gasteiger partial charge is 0.348 e. The van der Waals surface area contributed by atoms with Gasteiger partial charge in [-0.1, -0.05) is 13.0 Å². The summed E-state index contributed by atoms with van der Waals surface area (Å²) < 4.78 is 12.9. The molecule has 1 fully saturated rings. The number of nitrogens with one attached hydrogen (secondary N) is 1. The van der Waals surface area contributed by atoms with Crippen molar-refractivity contribution in [3.05, 3.63) is 29.8 Å². The number of rotatable bonds is 4. The monoisotopic (exact) mass is 268 g/mol. The Labute approximate surface area is 111 Å².